The number of carbonyl (C=O) groups is 2. The van der Waals surface area contributed by atoms with Crippen molar-refractivity contribution >= 4 is 43.4 Å². The van der Waals surface area contributed by atoms with E-state index in [-0.39, 0.29) is 12.4 Å². The number of carbonyl (C=O) groups excluding carboxylic acids is 2. The Bertz CT molecular complexity index is 392. The lowest BCUT2D eigenvalue weighted by atomic mass is 10.1. The van der Waals surface area contributed by atoms with Crippen molar-refractivity contribution in [1.29, 1.82) is 0 Å². The fourth-order valence-electron chi connectivity index (χ4n) is 1.06. The van der Waals surface area contributed by atoms with Gasteiger partial charge in [-0.15, -0.1) is 0 Å². The van der Waals surface area contributed by atoms with Crippen LogP contribution >= 0.6 is 31.9 Å². The van der Waals surface area contributed by atoms with Crippen molar-refractivity contribution in [1.82, 2.24) is 0 Å². The molecule has 0 fully saturated rings. The fraction of sp³-hybridized carbons (Fsp3) is 0.200. The van der Waals surface area contributed by atoms with Crippen LogP contribution in [0.2, 0.25) is 0 Å². The van der Waals surface area contributed by atoms with E-state index in [4.69, 9.17) is 5.90 Å². The van der Waals surface area contributed by atoms with Gasteiger partial charge >= 0.3 is 0 Å². The largest absolute Gasteiger partial charge is 0.297 e. The Morgan fingerprint density at radius 3 is 2.38 bits per heavy atom. The lowest BCUT2D eigenvalue weighted by molar-refractivity contribution is -0.122. The van der Waals surface area contributed by atoms with Gasteiger partial charge in [-0.25, -0.2) is 5.90 Å². The summed E-state index contributed by atoms with van der Waals surface area (Å²) in [4.78, 5) is 26.4. The summed E-state index contributed by atoms with van der Waals surface area (Å²) in [5.41, 5.74) is 0.454. The molecule has 6 heteroatoms. The highest BCUT2D eigenvalue weighted by Crippen LogP contribution is 2.15. The number of rotatable bonds is 5. The van der Waals surface area contributed by atoms with E-state index in [2.05, 4.69) is 36.7 Å². The van der Waals surface area contributed by atoms with Crippen LogP contribution in [-0.4, -0.2) is 23.0 Å². The summed E-state index contributed by atoms with van der Waals surface area (Å²) in [5, 5.41) is 0. The number of halogens is 2. The van der Waals surface area contributed by atoms with Gasteiger partial charge in [-0.2, -0.15) is 0 Å². The van der Waals surface area contributed by atoms with Gasteiger partial charge in [-0.05, 0) is 12.1 Å². The van der Waals surface area contributed by atoms with Gasteiger partial charge in [0.2, 0.25) is 0 Å². The highest BCUT2D eigenvalue weighted by molar-refractivity contribution is 9.10. The second-order valence-corrected chi connectivity index (χ2v) is 4.84. The summed E-state index contributed by atoms with van der Waals surface area (Å²) in [7, 11) is 0. The molecule has 2 N–H and O–H groups in total. The summed E-state index contributed by atoms with van der Waals surface area (Å²) in [5.74, 6) is 4.05. The third-order valence-corrected chi connectivity index (χ3v) is 3.32. The highest BCUT2D eigenvalue weighted by Gasteiger charge is 2.24. The second kappa shape index (κ2) is 6.24. The molecule has 0 amide bonds. The molecule has 1 atom stereocenters. The molecule has 1 unspecified atom stereocenters. The van der Waals surface area contributed by atoms with Gasteiger partial charge in [0.1, 0.15) is 11.4 Å². The van der Waals surface area contributed by atoms with Crippen molar-refractivity contribution < 1.29 is 14.4 Å². The third kappa shape index (κ3) is 3.48. The molecule has 0 heterocycles. The first-order valence-corrected chi connectivity index (χ1v) is 6.05. The molecule has 4 nitrogen and oxygen atoms in total. The van der Waals surface area contributed by atoms with Gasteiger partial charge in [0.25, 0.3) is 0 Å². The number of benzene rings is 1. The van der Waals surface area contributed by atoms with E-state index in [0.29, 0.717) is 5.56 Å². The number of ketones is 2. The predicted molar refractivity (Wildman–Crippen MR) is 66.3 cm³/mol. The summed E-state index contributed by atoms with van der Waals surface area (Å²) in [6, 6.07) is 6.74. The molecule has 16 heavy (non-hydrogen) atoms. The number of nitrogens with two attached hydrogens (primary N) is 1. The molecular formula is C10H9Br2NO3. The van der Waals surface area contributed by atoms with Crippen LogP contribution in [0, 0.1) is 0 Å². The van der Waals surface area contributed by atoms with E-state index in [0.717, 1.165) is 4.47 Å². The molecule has 0 aliphatic rings. The van der Waals surface area contributed by atoms with E-state index >= 15 is 0 Å². The third-order valence-electron chi connectivity index (χ3n) is 1.87. The van der Waals surface area contributed by atoms with Gasteiger partial charge in [0.05, 0.1) is 0 Å². The van der Waals surface area contributed by atoms with Gasteiger partial charge < -0.3 is 0 Å². The van der Waals surface area contributed by atoms with Crippen LogP contribution in [-0.2, 0) is 9.63 Å². The van der Waals surface area contributed by atoms with Crippen LogP contribution in [0.3, 0.4) is 0 Å². The Labute approximate surface area is 109 Å². The zero-order valence-electron chi connectivity index (χ0n) is 8.15. The SMILES string of the molecule is NOCC(=O)C(Br)C(=O)c1ccc(Br)cc1. The molecule has 0 aliphatic heterocycles. The van der Waals surface area contributed by atoms with Crippen LogP contribution in [0.5, 0.6) is 0 Å². The van der Waals surface area contributed by atoms with Crippen LogP contribution in [0.1, 0.15) is 10.4 Å². The maximum atomic E-state index is 11.8. The Morgan fingerprint density at radius 2 is 1.88 bits per heavy atom. The zero-order chi connectivity index (χ0) is 12.1. The zero-order valence-corrected chi connectivity index (χ0v) is 11.3. The molecule has 86 valence electrons. The molecule has 0 radical (unpaired) electrons. The smallest absolute Gasteiger partial charge is 0.184 e. The van der Waals surface area contributed by atoms with Gasteiger partial charge in [-0.1, -0.05) is 44.0 Å². The molecule has 0 aromatic heterocycles. The Kier molecular flexibility index (Phi) is 5.27. The van der Waals surface area contributed by atoms with E-state index in [9.17, 15) is 9.59 Å². The topological polar surface area (TPSA) is 69.4 Å². The van der Waals surface area contributed by atoms with Crippen molar-refractivity contribution in [3.63, 3.8) is 0 Å². The van der Waals surface area contributed by atoms with Crippen molar-refractivity contribution in [2.75, 3.05) is 6.61 Å². The van der Waals surface area contributed by atoms with Crippen molar-refractivity contribution in [3.05, 3.63) is 34.3 Å². The molecule has 0 saturated carbocycles. The van der Waals surface area contributed by atoms with Crippen LogP contribution < -0.4 is 5.90 Å². The maximum Gasteiger partial charge on any atom is 0.184 e. The number of hydrogen-bond acceptors (Lipinski definition) is 4. The summed E-state index contributed by atoms with van der Waals surface area (Å²) in [6.45, 7) is -0.293. The monoisotopic (exact) mass is 349 g/mol. The molecule has 0 aliphatic carbocycles. The molecule has 1 aromatic carbocycles. The quantitative estimate of drug-likeness (QED) is 0.381. The molecule has 0 spiro atoms. The van der Waals surface area contributed by atoms with Crippen molar-refractivity contribution in [2.24, 2.45) is 5.90 Å². The predicted octanol–water partition coefficient (Wildman–Crippen LogP) is 1.85. The minimum Gasteiger partial charge on any atom is -0.297 e. The Hall–Kier alpha value is -0.560. The van der Waals surface area contributed by atoms with Crippen LogP contribution in [0.15, 0.2) is 28.7 Å². The summed E-state index contributed by atoms with van der Waals surface area (Å²) < 4.78 is 0.867. The maximum absolute atomic E-state index is 11.8. The standard InChI is InChI=1S/C10H9Br2NO3/c11-7-3-1-6(2-4-7)10(15)9(12)8(14)5-16-13/h1-4,9H,5,13H2. The van der Waals surface area contributed by atoms with E-state index < -0.39 is 10.6 Å². The van der Waals surface area contributed by atoms with E-state index in [1.165, 1.54) is 0 Å². The molecular weight excluding hydrogens is 342 g/mol. The highest BCUT2D eigenvalue weighted by atomic mass is 79.9. The number of Topliss-reactive ketones (excluding diaryl/α,β-unsaturated/α-hetero) is 2. The summed E-state index contributed by atoms with van der Waals surface area (Å²) in [6.07, 6.45) is 0. The minimum atomic E-state index is -0.919. The number of hydrogen-bond donors (Lipinski definition) is 1. The Balaban J connectivity index is 2.78. The lowest BCUT2D eigenvalue weighted by Gasteiger charge is -2.07. The average molecular weight is 351 g/mol. The van der Waals surface area contributed by atoms with Crippen LogP contribution in [0.4, 0.5) is 0 Å². The fourth-order valence-corrected chi connectivity index (χ4v) is 1.72. The van der Waals surface area contributed by atoms with E-state index in [1.807, 2.05) is 0 Å². The molecule has 0 bridgehead atoms. The van der Waals surface area contributed by atoms with Crippen LogP contribution in [0.25, 0.3) is 0 Å². The van der Waals surface area contributed by atoms with Gasteiger partial charge in [0.15, 0.2) is 11.6 Å². The Morgan fingerprint density at radius 1 is 1.31 bits per heavy atom. The number of alkyl halides is 1. The molecule has 1 rings (SSSR count). The normalized spacial score (nSPS) is 12.2. The summed E-state index contributed by atoms with van der Waals surface area (Å²) >= 11 is 6.28. The first kappa shape index (κ1) is 13.5. The van der Waals surface area contributed by atoms with Gasteiger partial charge in [-0.3, -0.25) is 14.4 Å². The molecule has 1 aromatic rings. The second-order valence-electron chi connectivity index (χ2n) is 3.01. The van der Waals surface area contributed by atoms with Gasteiger partial charge in [0, 0.05) is 10.0 Å². The van der Waals surface area contributed by atoms with E-state index in [1.54, 1.807) is 24.3 Å². The first-order valence-electron chi connectivity index (χ1n) is 4.34. The van der Waals surface area contributed by atoms with Crippen molar-refractivity contribution in [3.8, 4) is 0 Å². The van der Waals surface area contributed by atoms with Crippen molar-refractivity contribution in [2.45, 2.75) is 4.83 Å². The first-order chi connectivity index (χ1) is 7.56. The molecule has 0 saturated heterocycles. The minimum absolute atomic E-state index is 0.293. The average Bonchev–Trinajstić information content (AvgIpc) is 2.28. The lowest BCUT2D eigenvalue weighted by Crippen LogP contribution is -2.28.